The third-order valence-corrected chi connectivity index (χ3v) is 4.42. The molecule has 0 bridgehead atoms. The molecule has 0 spiro atoms. The molecule has 1 aliphatic rings. The van der Waals surface area contributed by atoms with E-state index in [0.717, 1.165) is 23.9 Å². The third kappa shape index (κ3) is 3.45. The molecule has 1 N–H and O–H groups in total. The van der Waals surface area contributed by atoms with Crippen LogP contribution in [0, 0.1) is 0 Å². The Morgan fingerprint density at radius 1 is 1.09 bits per heavy atom. The molecule has 22 heavy (non-hydrogen) atoms. The van der Waals surface area contributed by atoms with E-state index in [1.807, 2.05) is 12.1 Å². The molecule has 0 fully saturated rings. The van der Waals surface area contributed by atoms with Crippen LogP contribution in [0.3, 0.4) is 0 Å². The number of hydrogen-bond acceptors (Lipinski definition) is 1. The van der Waals surface area contributed by atoms with Gasteiger partial charge >= 0.3 is 0 Å². The Balaban J connectivity index is 1.76. The highest BCUT2D eigenvalue weighted by Crippen LogP contribution is 2.28. The van der Waals surface area contributed by atoms with Crippen molar-refractivity contribution in [2.24, 2.45) is 0 Å². The number of fused-ring (bicyclic) bond motifs is 1. The molecular weight excluding hydrogens is 294 g/mol. The Kier molecular flexibility index (Phi) is 4.16. The van der Waals surface area contributed by atoms with Gasteiger partial charge in [0.05, 0.1) is 0 Å². The Morgan fingerprint density at radius 2 is 1.82 bits per heavy atom. The highest BCUT2D eigenvalue weighted by Gasteiger charge is 2.23. The first-order chi connectivity index (χ1) is 10.4. The largest absolute Gasteiger partial charge is 0.445 e. The van der Waals surface area contributed by atoms with Gasteiger partial charge in [-0.25, -0.2) is 0 Å². The normalized spacial score (nSPS) is 17.7. The molecule has 1 aliphatic heterocycles. The van der Waals surface area contributed by atoms with Crippen molar-refractivity contribution in [2.75, 3.05) is 6.73 Å². The fraction of sp³-hybridized carbons (Fsp3) is 0.368. The molecule has 1 unspecified atom stereocenters. The fourth-order valence-corrected chi connectivity index (χ4v) is 2.96. The van der Waals surface area contributed by atoms with Gasteiger partial charge in [-0.1, -0.05) is 50.6 Å². The van der Waals surface area contributed by atoms with Crippen LogP contribution in [0.1, 0.15) is 37.5 Å². The number of nitrogens with one attached hydrogen (secondary N) is 1. The summed E-state index contributed by atoms with van der Waals surface area (Å²) < 4.78 is 5.94. The summed E-state index contributed by atoms with van der Waals surface area (Å²) in [6, 6.07) is 14.7. The lowest BCUT2D eigenvalue weighted by atomic mass is 9.86. The van der Waals surface area contributed by atoms with Crippen LogP contribution < -0.4 is 9.64 Å². The first-order valence-corrected chi connectivity index (χ1v) is 8.14. The number of quaternary nitrogens is 1. The van der Waals surface area contributed by atoms with Crippen molar-refractivity contribution < 1.29 is 9.64 Å². The number of ether oxygens (including phenoxy) is 1. The van der Waals surface area contributed by atoms with Gasteiger partial charge in [0.2, 0.25) is 6.73 Å². The van der Waals surface area contributed by atoms with Gasteiger partial charge in [-0.15, -0.1) is 0 Å². The zero-order valence-electron chi connectivity index (χ0n) is 13.4. The number of halogens is 1. The molecule has 0 saturated carbocycles. The van der Waals surface area contributed by atoms with Crippen LogP contribution in [-0.4, -0.2) is 6.73 Å². The van der Waals surface area contributed by atoms with Crippen molar-refractivity contribution in [2.45, 2.75) is 39.3 Å². The Labute approximate surface area is 137 Å². The van der Waals surface area contributed by atoms with Crippen molar-refractivity contribution in [1.29, 1.82) is 0 Å². The van der Waals surface area contributed by atoms with E-state index in [2.05, 4.69) is 51.1 Å². The highest BCUT2D eigenvalue weighted by molar-refractivity contribution is 6.30. The maximum atomic E-state index is 5.95. The average Bonchev–Trinajstić information content (AvgIpc) is 2.48. The van der Waals surface area contributed by atoms with Gasteiger partial charge in [0.15, 0.2) is 0 Å². The van der Waals surface area contributed by atoms with Gasteiger partial charge in [0, 0.05) is 16.1 Å². The van der Waals surface area contributed by atoms with Crippen LogP contribution in [0.5, 0.6) is 5.75 Å². The van der Waals surface area contributed by atoms with Gasteiger partial charge in [-0.2, -0.15) is 0 Å². The van der Waals surface area contributed by atoms with Crippen LogP contribution in [0.2, 0.25) is 5.02 Å². The number of benzene rings is 2. The van der Waals surface area contributed by atoms with Crippen LogP contribution in [0.4, 0.5) is 0 Å². The zero-order chi connectivity index (χ0) is 15.7. The molecule has 0 aromatic heterocycles. The van der Waals surface area contributed by atoms with Gasteiger partial charge in [0.25, 0.3) is 0 Å². The van der Waals surface area contributed by atoms with Crippen molar-refractivity contribution in [1.82, 2.24) is 0 Å². The average molecular weight is 317 g/mol. The summed E-state index contributed by atoms with van der Waals surface area (Å²) >= 11 is 5.95. The van der Waals surface area contributed by atoms with Crippen molar-refractivity contribution >= 4 is 11.6 Å². The molecule has 2 aromatic carbocycles. The standard InChI is InChI=1S/C19H22ClNO/c1-19(2,3)16-6-9-18-15(10-16)12-21(13-22-18)11-14-4-7-17(20)8-5-14/h4-10H,11-13H2,1-3H3/p+1. The second kappa shape index (κ2) is 5.94. The predicted molar refractivity (Wildman–Crippen MR) is 90.5 cm³/mol. The smallest absolute Gasteiger partial charge is 0.222 e. The lowest BCUT2D eigenvalue weighted by Crippen LogP contribution is -3.10. The maximum Gasteiger partial charge on any atom is 0.222 e. The Morgan fingerprint density at radius 3 is 2.50 bits per heavy atom. The second-order valence-electron chi connectivity index (χ2n) is 7.09. The van der Waals surface area contributed by atoms with Gasteiger partial charge in [-0.05, 0) is 35.2 Å². The first kappa shape index (κ1) is 15.4. The molecule has 0 saturated heterocycles. The molecule has 2 aromatic rings. The summed E-state index contributed by atoms with van der Waals surface area (Å²) in [4.78, 5) is 1.42. The van der Waals surface area contributed by atoms with Gasteiger partial charge in [-0.3, -0.25) is 4.90 Å². The van der Waals surface area contributed by atoms with Crippen molar-refractivity contribution in [3.05, 3.63) is 64.2 Å². The molecule has 1 atom stereocenters. The first-order valence-electron chi connectivity index (χ1n) is 7.76. The minimum absolute atomic E-state index is 0.169. The molecule has 3 heteroatoms. The van der Waals surface area contributed by atoms with E-state index < -0.39 is 0 Å². The number of hydrogen-bond donors (Lipinski definition) is 1. The SMILES string of the molecule is CC(C)(C)c1ccc2c(c1)C[NH+](Cc1ccc(Cl)cc1)CO2. The van der Waals surface area contributed by atoms with Crippen molar-refractivity contribution in [3.63, 3.8) is 0 Å². The Bertz CT molecular complexity index is 658. The lowest BCUT2D eigenvalue weighted by Gasteiger charge is -2.28. The summed E-state index contributed by atoms with van der Waals surface area (Å²) in [7, 11) is 0. The van der Waals surface area contributed by atoms with Gasteiger partial charge in [0.1, 0.15) is 18.8 Å². The minimum atomic E-state index is 0.169. The molecule has 2 nitrogen and oxygen atoms in total. The van der Waals surface area contributed by atoms with Crippen LogP contribution in [-0.2, 0) is 18.5 Å². The fourth-order valence-electron chi connectivity index (χ4n) is 2.83. The van der Waals surface area contributed by atoms with E-state index >= 15 is 0 Å². The van der Waals surface area contributed by atoms with E-state index in [1.54, 1.807) is 0 Å². The van der Waals surface area contributed by atoms with Gasteiger partial charge < -0.3 is 4.74 Å². The second-order valence-corrected chi connectivity index (χ2v) is 7.53. The topological polar surface area (TPSA) is 13.7 Å². The monoisotopic (exact) mass is 316 g/mol. The van der Waals surface area contributed by atoms with Crippen LogP contribution in [0.25, 0.3) is 0 Å². The molecule has 1 heterocycles. The summed E-state index contributed by atoms with van der Waals surface area (Å²) in [6.45, 7) is 9.41. The molecule has 3 rings (SSSR count). The van der Waals surface area contributed by atoms with E-state index in [4.69, 9.17) is 16.3 Å². The van der Waals surface area contributed by atoms with Crippen molar-refractivity contribution in [3.8, 4) is 5.75 Å². The van der Waals surface area contributed by atoms with Crippen LogP contribution in [0.15, 0.2) is 42.5 Å². The maximum absolute atomic E-state index is 5.95. The highest BCUT2D eigenvalue weighted by atomic mass is 35.5. The molecule has 0 aliphatic carbocycles. The third-order valence-electron chi connectivity index (χ3n) is 4.17. The zero-order valence-corrected chi connectivity index (χ0v) is 14.2. The lowest BCUT2D eigenvalue weighted by molar-refractivity contribution is -0.945. The summed E-state index contributed by atoms with van der Waals surface area (Å²) in [5.41, 5.74) is 4.13. The van der Waals surface area contributed by atoms with E-state index in [9.17, 15) is 0 Å². The van der Waals surface area contributed by atoms with E-state index in [0.29, 0.717) is 6.73 Å². The molecule has 0 radical (unpaired) electrons. The minimum Gasteiger partial charge on any atom is -0.445 e. The molecular formula is C19H23ClNO+. The quantitative estimate of drug-likeness (QED) is 0.894. The predicted octanol–water partition coefficient (Wildman–Crippen LogP) is 3.57. The van der Waals surface area contributed by atoms with E-state index in [1.165, 1.54) is 21.6 Å². The summed E-state index contributed by atoms with van der Waals surface area (Å²) in [5, 5.41) is 0.786. The molecule has 0 amide bonds. The Hall–Kier alpha value is -1.51. The number of rotatable bonds is 2. The molecule has 116 valence electrons. The summed E-state index contributed by atoms with van der Waals surface area (Å²) in [6.07, 6.45) is 0. The van der Waals surface area contributed by atoms with Crippen LogP contribution >= 0.6 is 11.6 Å². The van der Waals surface area contributed by atoms with E-state index in [-0.39, 0.29) is 5.41 Å². The summed E-state index contributed by atoms with van der Waals surface area (Å²) in [5.74, 6) is 1.04.